The molecule has 1 atom stereocenters. The summed E-state index contributed by atoms with van der Waals surface area (Å²) in [6, 6.07) is 15.0. The molecule has 0 aromatic heterocycles. The minimum atomic E-state index is -3.90. The van der Waals surface area contributed by atoms with Crippen molar-refractivity contribution in [1.82, 2.24) is 4.31 Å². The number of fused-ring (bicyclic) bond motifs is 4. The van der Waals surface area contributed by atoms with Crippen molar-refractivity contribution >= 4 is 27.4 Å². The van der Waals surface area contributed by atoms with E-state index >= 15 is 0 Å². The molecule has 2 heterocycles. The van der Waals surface area contributed by atoms with Gasteiger partial charge in [-0.1, -0.05) is 38.0 Å². The van der Waals surface area contributed by atoms with Gasteiger partial charge in [-0.15, -0.1) is 0 Å². The summed E-state index contributed by atoms with van der Waals surface area (Å²) in [6.07, 6.45) is 2.55. The van der Waals surface area contributed by atoms with E-state index in [1.165, 1.54) is 16.4 Å². The minimum Gasteiger partial charge on any atom is -0.488 e. The van der Waals surface area contributed by atoms with E-state index in [4.69, 9.17) is 4.74 Å². The maximum Gasteiger partial charge on any atom is 0.338 e. The molecule has 0 saturated carbocycles. The highest BCUT2D eigenvalue weighted by Gasteiger charge is 2.38. The van der Waals surface area contributed by atoms with Crippen LogP contribution in [-0.4, -0.2) is 43.4 Å². The number of sulfonamides is 1. The smallest absolute Gasteiger partial charge is 0.338 e. The summed E-state index contributed by atoms with van der Waals surface area (Å²) in [5.74, 6) is -1.82. The van der Waals surface area contributed by atoms with Crippen LogP contribution in [0.4, 0.5) is 15.8 Å². The average molecular weight is 511 g/mol. The topological polar surface area (TPSA) is 87.2 Å². The molecule has 2 aliphatic heterocycles. The summed E-state index contributed by atoms with van der Waals surface area (Å²) in [5.41, 5.74) is 2.22. The number of hydrogen-bond donors (Lipinski definition) is 1. The van der Waals surface area contributed by atoms with Gasteiger partial charge in [0.1, 0.15) is 23.1 Å². The Hall–Kier alpha value is -3.43. The van der Waals surface area contributed by atoms with Crippen molar-refractivity contribution < 1.29 is 27.4 Å². The van der Waals surface area contributed by atoms with Gasteiger partial charge >= 0.3 is 5.97 Å². The number of nitrogens with zero attached hydrogens (tertiary/aromatic N) is 2. The molecule has 9 heteroatoms. The zero-order chi connectivity index (χ0) is 25.6. The third-order valence-electron chi connectivity index (χ3n) is 6.97. The number of hydrogen-bond acceptors (Lipinski definition) is 5. The van der Waals surface area contributed by atoms with Gasteiger partial charge in [0.2, 0.25) is 10.0 Å². The molecule has 0 saturated heterocycles. The van der Waals surface area contributed by atoms with Crippen LogP contribution in [0.5, 0.6) is 5.75 Å². The zero-order valence-corrected chi connectivity index (χ0v) is 20.9. The molecule has 0 aliphatic carbocycles. The Morgan fingerprint density at radius 1 is 1.14 bits per heavy atom. The second-order valence-corrected chi connectivity index (χ2v) is 11.1. The number of benzene rings is 3. The number of rotatable bonds is 5. The highest BCUT2D eigenvalue weighted by atomic mass is 32.2. The van der Waals surface area contributed by atoms with Crippen LogP contribution in [0.15, 0.2) is 59.5 Å². The quantitative estimate of drug-likeness (QED) is 0.494. The van der Waals surface area contributed by atoms with Crippen LogP contribution in [-0.2, 0) is 16.6 Å². The first-order valence-corrected chi connectivity index (χ1v) is 13.3. The van der Waals surface area contributed by atoms with Crippen molar-refractivity contribution in [3.8, 4) is 16.9 Å². The molecule has 0 fully saturated rings. The fourth-order valence-electron chi connectivity index (χ4n) is 4.94. The zero-order valence-electron chi connectivity index (χ0n) is 20.1. The summed E-state index contributed by atoms with van der Waals surface area (Å²) in [7, 11) is -2.30. The molecule has 0 bridgehead atoms. The third-order valence-corrected chi connectivity index (χ3v) is 8.91. The number of aromatic carboxylic acids is 1. The summed E-state index contributed by atoms with van der Waals surface area (Å²) in [4.78, 5) is 13.7. The number of anilines is 2. The lowest BCUT2D eigenvalue weighted by atomic mass is 9.94. The van der Waals surface area contributed by atoms with Gasteiger partial charge in [0, 0.05) is 42.5 Å². The molecule has 0 amide bonds. The van der Waals surface area contributed by atoms with E-state index in [2.05, 4.69) is 6.92 Å². The molecule has 1 N–H and O–H groups in total. The summed E-state index contributed by atoms with van der Waals surface area (Å²) >= 11 is 0. The van der Waals surface area contributed by atoms with Crippen LogP contribution in [0.1, 0.15) is 42.1 Å². The largest absolute Gasteiger partial charge is 0.488 e. The van der Waals surface area contributed by atoms with Crippen LogP contribution in [0.25, 0.3) is 11.1 Å². The monoisotopic (exact) mass is 510 g/mol. The molecular weight excluding hydrogens is 483 g/mol. The van der Waals surface area contributed by atoms with Crippen LogP contribution < -0.4 is 9.64 Å². The second-order valence-electron chi connectivity index (χ2n) is 9.16. The summed E-state index contributed by atoms with van der Waals surface area (Å²) in [5, 5.41) is 9.44. The maximum absolute atomic E-state index is 14.3. The first-order chi connectivity index (χ1) is 17.2. The molecule has 7 nitrogen and oxygen atoms in total. The van der Waals surface area contributed by atoms with Gasteiger partial charge in [-0.05, 0) is 42.3 Å². The molecule has 0 unspecified atom stereocenters. The van der Waals surface area contributed by atoms with Crippen LogP contribution in [0.2, 0.25) is 0 Å². The first-order valence-electron chi connectivity index (χ1n) is 11.9. The van der Waals surface area contributed by atoms with Gasteiger partial charge in [-0.2, -0.15) is 4.31 Å². The van der Waals surface area contributed by atoms with Crippen molar-refractivity contribution in [3.63, 3.8) is 0 Å². The number of carboxylic acid groups (broad SMARTS) is 1. The lowest BCUT2D eigenvalue weighted by Gasteiger charge is -2.30. The van der Waals surface area contributed by atoms with Crippen molar-refractivity contribution in [3.05, 3.63) is 71.5 Å². The van der Waals surface area contributed by atoms with E-state index < -0.39 is 27.4 Å². The highest BCUT2D eigenvalue weighted by molar-refractivity contribution is 7.89. The van der Waals surface area contributed by atoms with Crippen molar-refractivity contribution in [1.29, 1.82) is 0 Å². The predicted octanol–water partition coefficient (Wildman–Crippen LogP) is 5.41. The van der Waals surface area contributed by atoms with Crippen LogP contribution in [0, 0.1) is 5.82 Å². The standard InChI is InChI=1S/C27H27FN2O5S/c1-3-4-8-19-15-30(18-9-6-5-7-10-18)24-14-25-21(13-26(24)36(33,34)29(19)2)20-12-22(27(31)32)23(28)11-17(20)16-35-25/h5-7,9-14,19H,3-4,8,15-16H2,1-2H3,(H,31,32)/t19-/m1/s1. The SMILES string of the molecule is CCCC[C@@H]1CN(c2ccccc2)c2cc3c(cc2S(=O)(=O)N1C)-c1cc(C(=O)O)c(F)cc1CO3. The Balaban J connectivity index is 1.75. The van der Waals surface area contributed by atoms with E-state index in [9.17, 15) is 22.7 Å². The number of carbonyl (C=O) groups is 1. The second kappa shape index (κ2) is 9.22. The Bertz CT molecular complexity index is 1440. The first kappa shape index (κ1) is 24.3. The Morgan fingerprint density at radius 2 is 1.89 bits per heavy atom. The number of ether oxygens (including phenoxy) is 1. The van der Waals surface area contributed by atoms with E-state index in [1.807, 2.05) is 35.2 Å². The Kier molecular flexibility index (Phi) is 6.22. The number of likely N-dealkylation sites (N-methyl/N-ethyl adjacent to an activating group) is 1. The average Bonchev–Trinajstić information content (AvgIpc) is 2.94. The molecular formula is C27H27FN2O5S. The number of halogens is 1. The molecule has 5 rings (SSSR count). The van der Waals surface area contributed by atoms with Gasteiger partial charge < -0.3 is 14.7 Å². The lowest BCUT2D eigenvalue weighted by Crippen LogP contribution is -2.40. The lowest BCUT2D eigenvalue weighted by molar-refractivity contribution is 0.0691. The predicted molar refractivity (Wildman–Crippen MR) is 135 cm³/mol. The molecule has 3 aromatic rings. The molecule has 188 valence electrons. The fourth-order valence-corrected chi connectivity index (χ4v) is 6.52. The van der Waals surface area contributed by atoms with E-state index in [0.29, 0.717) is 41.1 Å². The van der Waals surface area contributed by atoms with Crippen LogP contribution >= 0.6 is 0 Å². The Labute approximate surface area is 209 Å². The van der Waals surface area contributed by atoms with E-state index in [0.717, 1.165) is 24.6 Å². The third kappa shape index (κ3) is 4.02. The normalized spacial score (nSPS) is 18.4. The maximum atomic E-state index is 14.3. The van der Waals surface area contributed by atoms with Gasteiger partial charge in [0.05, 0.1) is 11.3 Å². The molecule has 0 spiro atoms. The van der Waals surface area contributed by atoms with E-state index in [-0.39, 0.29) is 17.5 Å². The highest BCUT2D eigenvalue weighted by Crippen LogP contribution is 2.47. The number of unbranched alkanes of at least 4 members (excludes halogenated alkanes) is 1. The van der Waals surface area contributed by atoms with E-state index in [1.54, 1.807) is 13.1 Å². The molecule has 0 radical (unpaired) electrons. The number of carboxylic acids is 1. The summed E-state index contributed by atoms with van der Waals surface area (Å²) < 4.78 is 49.5. The van der Waals surface area contributed by atoms with Gasteiger partial charge in [-0.25, -0.2) is 17.6 Å². The molecule has 36 heavy (non-hydrogen) atoms. The van der Waals surface area contributed by atoms with Crippen molar-refractivity contribution in [2.45, 2.75) is 43.7 Å². The minimum absolute atomic E-state index is 0.0506. The molecule has 3 aromatic carbocycles. The van der Waals surface area contributed by atoms with Crippen LogP contribution in [0.3, 0.4) is 0 Å². The Morgan fingerprint density at radius 3 is 2.58 bits per heavy atom. The fraction of sp³-hybridized carbons (Fsp3) is 0.296. The van der Waals surface area contributed by atoms with Gasteiger partial charge in [-0.3, -0.25) is 0 Å². The van der Waals surface area contributed by atoms with Crippen molar-refractivity contribution in [2.75, 3.05) is 18.5 Å². The van der Waals surface area contributed by atoms with Crippen molar-refractivity contribution in [2.24, 2.45) is 0 Å². The molecule has 2 aliphatic rings. The van der Waals surface area contributed by atoms with Gasteiger partial charge in [0.15, 0.2) is 0 Å². The number of para-hydroxylation sites is 1. The summed E-state index contributed by atoms with van der Waals surface area (Å²) in [6.45, 7) is 2.59. The van der Waals surface area contributed by atoms with Gasteiger partial charge in [0.25, 0.3) is 0 Å².